The molecule has 0 fully saturated rings. The van der Waals surface area contributed by atoms with Gasteiger partial charge in [-0.05, 0) is 13.0 Å². The second-order valence-corrected chi connectivity index (χ2v) is 5.00. The molecule has 74 valence electrons. The van der Waals surface area contributed by atoms with E-state index < -0.39 is 10.2 Å². The molecule has 0 unspecified atom stereocenters. The normalized spacial score (nSPS) is 12.8. The summed E-state index contributed by atoms with van der Waals surface area (Å²) in [6.45, 7) is 0.976. The van der Waals surface area contributed by atoms with Crippen molar-refractivity contribution >= 4 is 10.2 Å². The molecule has 0 atom stereocenters. The molecule has 0 aromatic rings. The average molecular weight is 195 g/mol. The monoisotopic (exact) mass is 195 g/mol. The van der Waals surface area contributed by atoms with Crippen molar-refractivity contribution in [1.29, 1.82) is 0 Å². The highest BCUT2D eigenvalue weighted by Crippen LogP contribution is 2.00. The van der Waals surface area contributed by atoms with Crippen LogP contribution in [0.4, 0.5) is 0 Å². The Balaban J connectivity index is 4.17. The van der Waals surface area contributed by atoms with E-state index in [0.29, 0.717) is 19.5 Å². The van der Waals surface area contributed by atoms with Crippen LogP contribution >= 0.6 is 0 Å². The summed E-state index contributed by atoms with van der Waals surface area (Å²) < 4.78 is 25.2. The Morgan fingerprint density at radius 1 is 1.25 bits per heavy atom. The third kappa shape index (κ3) is 3.06. The van der Waals surface area contributed by atoms with Crippen LogP contribution in [0.15, 0.2) is 0 Å². The highest BCUT2D eigenvalue weighted by molar-refractivity contribution is 7.86. The van der Waals surface area contributed by atoms with Crippen molar-refractivity contribution in [2.24, 2.45) is 5.73 Å². The van der Waals surface area contributed by atoms with Gasteiger partial charge < -0.3 is 5.73 Å². The third-order valence-electron chi connectivity index (χ3n) is 1.53. The van der Waals surface area contributed by atoms with Crippen LogP contribution in [-0.2, 0) is 10.2 Å². The van der Waals surface area contributed by atoms with Crippen LogP contribution in [0, 0.1) is 0 Å². The minimum absolute atomic E-state index is 0.469. The van der Waals surface area contributed by atoms with E-state index in [0.717, 1.165) is 0 Å². The minimum Gasteiger partial charge on any atom is -0.330 e. The summed E-state index contributed by atoms with van der Waals surface area (Å²) in [6.07, 6.45) is 0.684. The molecule has 0 rings (SSSR count). The Kier molecular flexibility index (Phi) is 4.69. The van der Waals surface area contributed by atoms with Crippen molar-refractivity contribution in [2.75, 3.05) is 34.2 Å². The lowest BCUT2D eigenvalue weighted by atomic mass is 10.4. The molecule has 6 heteroatoms. The van der Waals surface area contributed by atoms with Crippen LogP contribution in [-0.4, -0.2) is 51.3 Å². The molecule has 0 heterocycles. The molecule has 0 saturated heterocycles. The largest absolute Gasteiger partial charge is 0.330 e. The summed E-state index contributed by atoms with van der Waals surface area (Å²) in [5, 5.41) is 0. The fourth-order valence-electron chi connectivity index (χ4n) is 0.708. The fourth-order valence-corrected chi connectivity index (χ4v) is 1.63. The zero-order valence-electron chi connectivity index (χ0n) is 7.82. The van der Waals surface area contributed by atoms with Crippen molar-refractivity contribution in [1.82, 2.24) is 8.61 Å². The molecule has 0 spiro atoms. The number of nitrogens with zero attached hydrogens (tertiary/aromatic N) is 2. The molecule has 5 nitrogen and oxygen atoms in total. The van der Waals surface area contributed by atoms with Gasteiger partial charge in [0, 0.05) is 27.7 Å². The van der Waals surface area contributed by atoms with E-state index in [1.165, 1.54) is 22.7 Å². The second-order valence-electron chi connectivity index (χ2n) is 2.75. The Hall–Kier alpha value is -0.170. The minimum atomic E-state index is -3.24. The van der Waals surface area contributed by atoms with Crippen LogP contribution in [0.3, 0.4) is 0 Å². The van der Waals surface area contributed by atoms with Crippen LogP contribution in [0.2, 0.25) is 0 Å². The van der Waals surface area contributed by atoms with E-state index >= 15 is 0 Å². The summed E-state index contributed by atoms with van der Waals surface area (Å²) in [5.74, 6) is 0. The smallest absolute Gasteiger partial charge is 0.281 e. The maximum Gasteiger partial charge on any atom is 0.281 e. The van der Waals surface area contributed by atoms with Gasteiger partial charge in [-0.1, -0.05) is 0 Å². The highest BCUT2D eigenvalue weighted by atomic mass is 32.2. The Labute approximate surface area is 74.3 Å². The molecule has 0 aliphatic carbocycles. The van der Waals surface area contributed by atoms with Crippen molar-refractivity contribution < 1.29 is 8.42 Å². The first-order chi connectivity index (χ1) is 5.42. The van der Waals surface area contributed by atoms with Crippen molar-refractivity contribution in [3.8, 4) is 0 Å². The van der Waals surface area contributed by atoms with E-state index in [1.54, 1.807) is 7.05 Å². The Bertz CT molecular complexity index is 213. The molecular weight excluding hydrogens is 178 g/mol. The standard InChI is InChI=1S/C6H17N3O2S/c1-8(2)12(10,11)9(3)6-4-5-7/h4-7H2,1-3H3. The van der Waals surface area contributed by atoms with Gasteiger partial charge in [-0.2, -0.15) is 17.0 Å². The molecule has 0 aliphatic heterocycles. The molecule has 0 aromatic heterocycles. The number of nitrogens with two attached hydrogens (primary N) is 1. The summed E-state index contributed by atoms with van der Waals surface area (Å²) in [6, 6.07) is 0. The molecule has 2 N–H and O–H groups in total. The predicted molar refractivity (Wildman–Crippen MR) is 48.9 cm³/mol. The van der Waals surface area contributed by atoms with Crippen molar-refractivity contribution in [3.63, 3.8) is 0 Å². The average Bonchev–Trinajstić information content (AvgIpc) is 1.99. The van der Waals surface area contributed by atoms with Gasteiger partial charge in [0.05, 0.1) is 0 Å². The third-order valence-corrected chi connectivity index (χ3v) is 3.43. The first-order valence-corrected chi connectivity index (χ1v) is 5.16. The van der Waals surface area contributed by atoms with E-state index in [2.05, 4.69) is 0 Å². The van der Waals surface area contributed by atoms with E-state index in [-0.39, 0.29) is 0 Å². The van der Waals surface area contributed by atoms with E-state index in [1.807, 2.05) is 0 Å². The van der Waals surface area contributed by atoms with Crippen LogP contribution in [0.1, 0.15) is 6.42 Å². The maximum atomic E-state index is 11.3. The zero-order valence-corrected chi connectivity index (χ0v) is 8.63. The van der Waals surface area contributed by atoms with Crippen LogP contribution in [0.25, 0.3) is 0 Å². The van der Waals surface area contributed by atoms with Gasteiger partial charge in [-0.25, -0.2) is 0 Å². The van der Waals surface area contributed by atoms with Crippen LogP contribution < -0.4 is 5.73 Å². The highest BCUT2D eigenvalue weighted by Gasteiger charge is 2.18. The Morgan fingerprint density at radius 2 is 1.75 bits per heavy atom. The molecule has 0 aliphatic rings. The topological polar surface area (TPSA) is 66.6 Å². The second kappa shape index (κ2) is 4.76. The quantitative estimate of drug-likeness (QED) is 0.616. The maximum absolute atomic E-state index is 11.3. The molecule has 0 bridgehead atoms. The van der Waals surface area contributed by atoms with Gasteiger partial charge in [0.15, 0.2) is 0 Å². The predicted octanol–water partition coefficient (Wildman–Crippen LogP) is -0.927. The summed E-state index contributed by atoms with van der Waals surface area (Å²) in [7, 11) is 1.33. The number of hydrogen-bond acceptors (Lipinski definition) is 3. The Morgan fingerprint density at radius 3 is 2.08 bits per heavy atom. The molecule has 0 saturated carbocycles. The molecule has 0 radical (unpaired) electrons. The zero-order chi connectivity index (χ0) is 9.78. The van der Waals surface area contributed by atoms with E-state index in [9.17, 15) is 8.42 Å². The first-order valence-electron chi connectivity index (χ1n) is 3.76. The molecule has 0 amide bonds. The van der Waals surface area contributed by atoms with Gasteiger partial charge in [-0.3, -0.25) is 0 Å². The van der Waals surface area contributed by atoms with E-state index in [4.69, 9.17) is 5.73 Å². The summed E-state index contributed by atoms with van der Waals surface area (Å²) in [5.41, 5.74) is 5.26. The summed E-state index contributed by atoms with van der Waals surface area (Å²) >= 11 is 0. The fraction of sp³-hybridized carbons (Fsp3) is 1.00. The lowest BCUT2D eigenvalue weighted by Crippen LogP contribution is -2.38. The summed E-state index contributed by atoms with van der Waals surface area (Å²) in [4.78, 5) is 0. The van der Waals surface area contributed by atoms with Gasteiger partial charge in [0.25, 0.3) is 10.2 Å². The molecule has 12 heavy (non-hydrogen) atoms. The van der Waals surface area contributed by atoms with Gasteiger partial charge >= 0.3 is 0 Å². The SMILES string of the molecule is CN(C)S(=O)(=O)N(C)CCCN. The van der Waals surface area contributed by atoms with Gasteiger partial charge in [0.1, 0.15) is 0 Å². The van der Waals surface area contributed by atoms with Gasteiger partial charge in [-0.15, -0.1) is 0 Å². The van der Waals surface area contributed by atoms with Gasteiger partial charge in [0.2, 0.25) is 0 Å². The lowest BCUT2D eigenvalue weighted by molar-refractivity contribution is 0.414. The van der Waals surface area contributed by atoms with Crippen LogP contribution in [0.5, 0.6) is 0 Å². The first kappa shape index (κ1) is 11.8. The van der Waals surface area contributed by atoms with Crippen molar-refractivity contribution in [3.05, 3.63) is 0 Å². The van der Waals surface area contributed by atoms with Crippen molar-refractivity contribution in [2.45, 2.75) is 6.42 Å². The number of hydrogen-bond donors (Lipinski definition) is 1. The number of rotatable bonds is 5. The molecule has 0 aromatic carbocycles. The molecular formula is C6H17N3O2S. The lowest BCUT2D eigenvalue weighted by Gasteiger charge is -2.20.